The number of amides is 2. The van der Waals surface area contributed by atoms with Crippen LogP contribution in [0.3, 0.4) is 0 Å². The molecule has 834 valence electrons. The van der Waals surface area contributed by atoms with E-state index in [0.717, 1.165) is 11.8 Å². The molecule has 29 N–H and O–H groups in total. The van der Waals surface area contributed by atoms with Gasteiger partial charge in [-0.25, -0.2) is 9.59 Å². The molecule has 1 aliphatic carbocycles. The molecule has 0 spiro atoms. The van der Waals surface area contributed by atoms with Crippen LogP contribution < -0.4 is 10.6 Å². The Morgan fingerprint density at radius 2 is 0.645 bits per heavy atom. The molecule has 0 aromatic rings. The van der Waals surface area contributed by atoms with E-state index in [1.807, 2.05) is 132 Å². The molecular formula is C96H200N2O39S. The monoisotopic (exact) mass is 2040 g/mol. The highest BCUT2D eigenvalue weighted by Gasteiger charge is 2.54. The molecule has 0 bridgehead atoms. The highest BCUT2D eigenvalue weighted by Crippen LogP contribution is 2.43. The van der Waals surface area contributed by atoms with Crippen LogP contribution in [0.4, 0.5) is 9.59 Å². The number of carbonyl (C=O) groups is 3. The number of hydrogen-bond acceptors (Lipinski definition) is 40. The Bertz CT molecular complexity index is 3050. The van der Waals surface area contributed by atoms with E-state index < -0.39 is 226 Å². The molecule has 0 aromatic heterocycles. The molecule has 0 aromatic carbocycles. The number of thioether (sulfide) groups is 1. The maximum absolute atomic E-state index is 11.6. The number of aliphatic hydroxyl groups is 27. The van der Waals surface area contributed by atoms with Crippen LogP contribution in [-0.2, 0) is 47.4 Å². The third kappa shape index (κ3) is 44.8. The average Bonchev–Trinajstić information content (AvgIpc) is 0.758. The molecule has 138 heavy (non-hydrogen) atoms. The third-order valence-electron chi connectivity index (χ3n) is 23.7. The van der Waals surface area contributed by atoms with Gasteiger partial charge in [-0.2, -0.15) is 0 Å². The number of alkyl carbamates (subject to hydrolysis) is 2. The van der Waals surface area contributed by atoms with E-state index in [4.69, 9.17) is 63.1 Å². The van der Waals surface area contributed by atoms with Crippen molar-refractivity contribution in [3.8, 4) is 0 Å². The van der Waals surface area contributed by atoms with Crippen LogP contribution in [0.5, 0.6) is 0 Å². The summed E-state index contributed by atoms with van der Waals surface area (Å²) in [6.07, 6.45) is -31.1. The van der Waals surface area contributed by atoms with Crippen molar-refractivity contribution in [3.05, 3.63) is 25.3 Å². The van der Waals surface area contributed by atoms with E-state index in [1.165, 1.54) is 19.1 Å². The van der Waals surface area contributed by atoms with E-state index in [9.17, 15) is 132 Å². The van der Waals surface area contributed by atoms with Crippen molar-refractivity contribution < 1.29 is 195 Å². The van der Waals surface area contributed by atoms with Crippen molar-refractivity contribution in [2.45, 2.75) is 457 Å². The first-order valence-electron chi connectivity index (χ1n) is 44.4. The molecule has 7 saturated heterocycles. The second-order valence-electron chi connectivity index (χ2n) is 40.8. The number of ether oxygens (including phenoxy) is 9. The Balaban J connectivity index is -0.000000232. The molecule has 1 saturated carbocycles. The Kier molecular flexibility index (Phi) is 73.4. The van der Waals surface area contributed by atoms with Gasteiger partial charge in [0.25, 0.3) is 0 Å². The van der Waals surface area contributed by atoms with Gasteiger partial charge in [-0.05, 0) is 64.1 Å². The van der Waals surface area contributed by atoms with E-state index in [1.54, 1.807) is 6.92 Å². The maximum atomic E-state index is 11.6. The van der Waals surface area contributed by atoms with Gasteiger partial charge in [0.1, 0.15) is 160 Å². The molecule has 39 atom stereocenters. The normalized spacial score (nSPS) is 37.2. The Labute approximate surface area is 828 Å². The minimum Gasteiger partial charge on any atom is -0.445 e. The molecule has 42 heteroatoms. The fourth-order valence-corrected chi connectivity index (χ4v) is 16.3. The molecule has 41 nitrogen and oxygen atoms in total. The molecule has 8 rings (SSSR count). The van der Waals surface area contributed by atoms with Crippen molar-refractivity contribution >= 4 is 29.1 Å². The van der Waals surface area contributed by atoms with Gasteiger partial charge < -0.3 is 191 Å². The second kappa shape index (κ2) is 67.5. The minimum atomic E-state index is -1.31. The lowest BCUT2D eigenvalue weighted by molar-refractivity contribution is -0.250. The maximum Gasteiger partial charge on any atom is 0.407 e. The van der Waals surface area contributed by atoms with E-state index in [0.29, 0.717) is 18.8 Å². The van der Waals surface area contributed by atoms with Gasteiger partial charge in [-0.3, -0.25) is 4.79 Å². The molecule has 8 fully saturated rings. The van der Waals surface area contributed by atoms with Crippen molar-refractivity contribution in [2.75, 3.05) is 58.5 Å². The Morgan fingerprint density at radius 1 is 0.355 bits per heavy atom. The van der Waals surface area contributed by atoms with Crippen LogP contribution in [-0.4, -0.2) is 440 Å². The lowest BCUT2D eigenvalue weighted by Crippen LogP contribution is -2.61. The molecule has 0 radical (unpaired) electrons. The number of rotatable bonds is 17. The largest absolute Gasteiger partial charge is 0.445 e. The lowest BCUT2D eigenvalue weighted by atomic mass is 9.65. The second-order valence-corrected chi connectivity index (χ2v) is 42.0. The molecular weight excluding hydrogens is 1840 g/mol. The van der Waals surface area contributed by atoms with Gasteiger partial charge in [-0.1, -0.05) is 242 Å². The zero-order valence-corrected chi connectivity index (χ0v) is 80.8. The number of nitrogens with one attached hydrogen (secondary N) is 2. The third-order valence-corrected chi connectivity index (χ3v) is 24.6. The minimum absolute atomic E-state index is 0. The zero-order chi connectivity index (χ0) is 101. The summed E-state index contributed by atoms with van der Waals surface area (Å²) in [5.74, 6) is 0.107. The number of carbonyl (C=O) groups excluding carboxylic acids is 3. The average molecular weight is 2040 g/mol. The summed E-state index contributed by atoms with van der Waals surface area (Å²) in [5.41, 5.74) is -1.67. The molecule has 7 heterocycles. The first-order chi connectivity index (χ1) is 59.6. The first kappa shape index (κ1) is 150. The summed E-state index contributed by atoms with van der Waals surface area (Å²) < 4.78 is 47.7. The Morgan fingerprint density at radius 3 is 0.920 bits per heavy atom. The lowest BCUT2D eigenvalue weighted by Gasteiger charge is -2.47. The predicted octanol–water partition coefficient (Wildman–Crippen LogP) is 0.970. The van der Waals surface area contributed by atoms with Crippen LogP contribution in [0.1, 0.15) is 232 Å². The van der Waals surface area contributed by atoms with Gasteiger partial charge >= 0.3 is 12.2 Å². The van der Waals surface area contributed by atoms with Gasteiger partial charge in [0.15, 0.2) is 5.12 Å². The van der Waals surface area contributed by atoms with Gasteiger partial charge in [0, 0.05) is 38.2 Å². The van der Waals surface area contributed by atoms with Gasteiger partial charge in [0.05, 0.1) is 106 Å². The number of hydrogen-bond donors (Lipinski definition) is 29. The standard InChI is InChI=1S/C15H27NO5.C13H23NO6.C12H22O5S.3C10H20O5.C9H18O5.C9H18O3.8CH4/c1-5-6-21-14(20)16-11-12(18)9(8-17)7-10(13(11)19)15(2,3)4;1-4-5-19-13(18)14-6-8-9(15)10(16)11(17)12(20-8)7(2)3;1-6(13)18-5-7-8(14)9(15)10(16)11(17-7)12(2,3)4;3*1-10(2,3)9-8(14)7(13)6(12)5(4-11)15-9;1-4(2)9-8(13)7(12)6(11)5(3-10)14-9;1-5(2)8-4-7(10)9(11)6(3)12-8;;;;;;;;/h5,9-13,17-19H,1,6-8H2,2-4H3,(H,16,20);4,7-12,15-17H,1,5-6H2,2-3H3,(H,14,18);7-11,14-16H,5H2,1-4H3;3*5-9,11-14H,4H2,1-3H3;4-13H,3H2,1-2H3;5-11H,4H2,1-3H3;8*1H4/t9?,10-,11+,12-,13?;8?,9-,10+,11?,12+;7?,8-,9-,10?,11+;2*5?,6-,7+,8?,9-;5?,6-,7-,8?,9+;5?,6-,7-,8?,9-;6?,7-,8-,9-;;;;;;;;/m11011001......../s1. The fraction of sp³-hybridized carbons (Fsp3) is 0.927. The molecule has 8 aliphatic rings. The Hall–Kier alpha value is -3.32. The van der Waals surface area contributed by atoms with Crippen molar-refractivity contribution in [2.24, 2.45) is 56.7 Å². The summed E-state index contributed by atoms with van der Waals surface area (Å²) in [5, 5.41) is 264. The zero-order valence-electron chi connectivity index (χ0n) is 80.0. The summed E-state index contributed by atoms with van der Waals surface area (Å²) in [6, 6.07) is -0.863. The van der Waals surface area contributed by atoms with Crippen LogP contribution in [0.25, 0.3) is 0 Å². The smallest absolute Gasteiger partial charge is 0.407 e. The van der Waals surface area contributed by atoms with Crippen LogP contribution in [0.2, 0.25) is 0 Å². The van der Waals surface area contributed by atoms with Crippen LogP contribution >= 0.6 is 11.8 Å². The van der Waals surface area contributed by atoms with Crippen LogP contribution in [0, 0.1) is 56.7 Å². The summed E-state index contributed by atoms with van der Waals surface area (Å²) in [6.45, 7) is 48.3. The van der Waals surface area contributed by atoms with Crippen molar-refractivity contribution in [3.63, 3.8) is 0 Å². The molecule has 15 unspecified atom stereocenters. The summed E-state index contributed by atoms with van der Waals surface area (Å²) in [7, 11) is 0. The van der Waals surface area contributed by atoms with E-state index in [2.05, 4.69) is 37.6 Å². The van der Waals surface area contributed by atoms with Crippen molar-refractivity contribution in [1.29, 1.82) is 0 Å². The first-order valence-corrected chi connectivity index (χ1v) is 45.4. The topological polar surface area (TPSA) is 705 Å². The molecule has 7 aliphatic heterocycles. The van der Waals surface area contributed by atoms with E-state index in [-0.39, 0.29) is 186 Å². The van der Waals surface area contributed by atoms with Gasteiger partial charge in [-0.15, -0.1) is 0 Å². The summed E-state index contributed by atoms with van der Waals surface area (Å²) in [4.78, 5) is 33.9. The van der Waals surface area contributed by atoms with Gasteiger partial charge in [0.2, 0.25) is 0 Å². The van der Waals surface area contributed by atoms with E-state index >= 15 is 0 Å². The summed E-state index contributed by atoms with van der Waals surface area (Å²) >= 11 is 1.04. The highest BCUT2D eigenvalue weighted by atomic mass is 32.2. The molecule has 2 amide bonds. The highest BCUT2D eigenvalue weighted by molar-refractivity contribution is 8.13. The van der Waals surface area contributed by atoms with Crippen molar-refractivity contribution in [1.82, 2.24) is 10.6 Å². The quantitative estimate of drug-likeness (QED) is 0.0902. The van der Waals surface area contributed by atoms with Crippen LogP contribution in [0.15, 0.2) is 25.3 Å². The number of aliphatic hydroxyl groups excluding tert-OH is 27. The predicted molar refractivity (Wildman–Crippen MR) is 527 cm³/mol. The SMILES string of the molecule is C.C.C.C.C.C.C.C.C=CCOC(=O)NCC1O[C@@H](C(C)C)C(O)[C@@H](O)[C@@H]1O.C=CCOC(=O)N[C@@H]1C(O)[C@H](C(C)(C)C)CC(CO)[C@H]1O.CC(=O)SCC1O[C@@H](C(C)(C)C)C(O)[C@@H](O)[C@H]1O.CC(C)(C)[C@@H]1OC(CO)[C@@H](O)[C@H](O)C1O.CC(C)(C)[C@@H]1OC(CO)[C@@H](O)[C@H](O)C1O.CC(C)(C)[C@@H]1OC(CO)[C@H](O)[C@H](O)C1O.CC(C)[C@@H]1OC(CO)[C@H](O)[C@H](O)C1O.CC1O[C@@H](C(C)C)C[C@@H](O)[C@@H]1O. The fourth-order valence-electron chi connectivity index (χ4n) is 15.6.